The molecule has 0 aromatic heterocycles. The Labute approximate surface area is 301 Å². The van der Waals surface area contributed by atoms with Gasteiger partial charge >= 0.3 is 120 Å². The van der Waals surface area contributed by atoms with Crippen LogP contribution in [0.25, 0.3) is 11.1 Å². The molecule has 0 unspecified atom stereocenters. The molecule has 0 saturated carbocycles. The molecule has 0 saturated heterocycles. The van der Waals surface area contributed by atoms with E-state index in [1.165, 1.54) is 80.1 Å². The van der Waals surface area contributed by atoms with E-state index in [4.69, 9.17) is 23.2 Å². The molecule has 0 nitrogen and oxygen atoms in total. The maximum absolute atomic E-state index is 5.98. The molecule has 0 spiro atoms. The van der Waals surface area contributed by atoms with Crippen molar-refractivity contribution in [1.82, 2.24) is 0 Å². The predicted molar refractivity (Wildman–Crippen MR) is 179 cm³/mol. The summed E-state index contributed by atoms with van der Waals surface area (Å²) in [6.45, 7) is 9.05. The summed E-state index contributed by atoms with van der Waals surface area (Å²) in [5.41, 5.74) is 11.1. The fourth-order valence-corrected chi connectivity index (χ4v) is 6.09. The Hall–Kier alpha value is -1.86. The molecule has 0 heterocycles. The summed E-state index contributed by atoms with van der Waals surface area (Å²) in [4.78, 5) is 0. The summed E-state index contributed by atoms with van der Waals surface area (Å²) < 4.78 is 1.26. The van der Waals surface area contributed by atoms with Gasteiger partial charge in [0, 0.05) is 0 Å². The molecule has 5 aromatic carbocycles. The molecule has 0 bridgehead atoms. The zero-order chi connectivity index (χ0) is 30.1. The van der Waals surface area contributed by atoms with Crippen molar-refractivity contribution in [3.05, 3.63) is 159 Å². The summed E-state index contributed by atoms with van der Waals surface area (Å²) in [6, 6.07) is 40.8. The largest absolute Gasteiger partial charge is 1.00 e. The third-order valence-electron chi connectivity index (χ3n) is 7.35. The number of hydrogen-bond donors (Lipinski definition) is 0. The molecule has 1 aliphatic carbocycles. The number of aryl methyl sites for hydroxylation is 1. The average molecular weight is 740 g/mol. The number of halogens is 4. The van der Waals surface area contributed by atoms with Gasteiger partial charge in [-0.1, -0.05) is 87.8 Å². The van der Waals surface area contributed by atoms with Crippen LogP contribution in [0, 0.1) is 6.07 Å². The van der Waals surface area contributed by atoms with E-state index in [9.17, 15) is 0 Å². The first-order chi connectivity index (χ1) is 20.2. The monoisotopic (exact) mass is 736 g/mol. The number of rotatable bonds is 5. The minimum Gasteiger partial charge on any atom is -1.00 e. The summed E-state index contributed by atoms with van der Waals surface area (Å²) in [7, 11) is 0. The SMILES string of the molecule is CCCCc1cc(C(C)(C)C)c[cH-]1.Clc1cccc([C](=[Zr+2])c2cccc(Cl)c2)c1.[Cl-].[Cl-].[c-]1cccc2c1Cc1ccccc1-2. The van der Waals surface area contributed by atoms with E-state index < -0.39 is 0 Å². The molecule has 0 amide bonds. The Morgan fingerprint density at radius 1 is 0.818 bits per heavy atom. The molecule has 0 N–H and O–H groups in total. The van der Waals surface area contributed by atoms with Crippen molar-refractivity contribution in [1.29, 1.82) is 0 Å². The first kappa shape index (κ1) is 38.3. The smallest absolute Gasteiger partial charge is 0.0253 e. The molecule has 1 aliphatic rings. The zero-order valence-corrected chi connectivity index (χ0v) is 31.2. The summed E-state index contributed by atoms with van der Waals surface area (Å²) >= 11 is 13.3. The van der Waals surface area contributed by atoms with Crippen molar-refractivity contribution in [2.75, 3.05) is 0 Å². The van der Waals surface area contributed by atoms with Crippen molar-refractivity contribution in [2.45, 2.75) is 58.8 Å². The van der Waals surface area contributed by atoms with Crippen LogP contribution >= 0.6 is 23.2 Å². The molecular weight excluding hydrogens is 701 g/mol. The third-order valence-corrected chi connectivity index (χ3v) is 9.24. The van der Waals surface area contributed by atoms with E-state index >= 15 is 0 Å². The summed E-state index contributed by atoms with van der Waals surface area (Å²) in [6.07, 6.45) is 4.89. The normalized spacial score (nSPS) is 10.9. The quantitative estimate of drug-likeness (QED) is 0.213. The van der Waals surface area contributed by atoms with Crippen LogP contribution in [-0.4, -0.2) is 3.21 Å². The fourth-order valence-electron chi connectivity index (χ4n) is 4.95. The van der Waals surface area contributed by atoms with Gasteiger partial charge in [0.15, 0.2) is 0 Å². The number of benzene rings is 4. The maximum Gasteiger partial charge on any atom is -0.0253 e. The standard InChI is InChI=1S/C13H8Cl2.C13H9.C13H21.2ClH.Zr/c14-12-5-1-3-10(8-12)7-11-4-2-6-13(15)9-11;1-3-7-12-10(5-1)9-11-6-2-4-8-13(11)12;1-5-6-7-11-8-9-12(10-11)13(2,3)4;;;/h1-6,8-9H;1-5,7-8H,9H2;8-10H,5-7H2,1-4H3;2*1H;/q;2*-1;;;+2/p-2. The van der Waals surface area contributed by atoms with Crippen LogP contribution < -0.4 is 24.8 Å². The van der Waals surface area contributed by atoms with Crippen molar-refractivity contribution in [2.24, 2.45) is 0 Å². The Kier molecular flexibility index (Phi) is 16.0. The van der Waals surface area contributed by atoms with Gasteiger partial charge < -0.3 is 24.8 Å². The van der Waals surface area contributed by atoms with Gasteiger partial charge in [0.05, 0.1) is 0 Å². The number of fused-ring (bicyclic) bond motifs is 3. The van der Waals surface area contributed by atoms with E-state index in [1.54, 1.807) is 0 Å². The minimum absolute atomic E-state index is 0. The Morgan fingerprint density at radius 3 is 2.00 bits per heavy atom. The Morgan fingerprint density at radius 2 is 1.43 bits per heavy atom. The van der Waals surface area contributed by atoms with Gasteiger partial charge in [0.25, 0.3) is 0 Å². The molecule has 0 radical (unpaired) electrons. The molecule has 0 fully saturated rings. The molecular formula is C39H38Cl4Zr-2. The van der Waals surface area contributed by atoms with Gasteiger partial charge in [-0.2, -0.15) is 53.1 Å². The van der Waals surface area contributed by atoms with Crippen molar-refractivity contribution in [3.8, 4) is 11.1 Å². The molecule has 228 valence electrons. The number of hydrogen-bond acceptors (Lipinski definition) is 0. The minimum atomic E-state index is 0. The van der Waals surface area contributed by atoms with Crippen LogP contribution in [0.4, 0.5) is 0 Å². The van der Waals surface area contributed by atoms with Crippen LogP contribution in [0.15, 0.2) is 109 Å². The summed E-state index contributed by atoms with van der Waals surface area (Å²) in [5.74, 6) is 0. The van der Waals surface area contributed by atoms with Crippen molar-refractivity contribution >= 4 is 26.4 Å². The Bertz CT molecular complexity index is 1540. The van der Waals surface area contributed by atoms with Gasteiger partial charge in [-0.3, -0.25) is 0 Å². The van der Waals surface area contributed by atoms with Crippen molar-refractivity contribution < 1.29 is 49.0 Å². The van der Waals surface area contributed by atoms with E-state index in [1.807, 2.05) is 42.5 Å². The van der Waals surface area contributed by atoms with Gasteiger partial charge in [-0.05, 0) is 6.42 Å². The van der Waals surface area contributed by atoms with Gasteiger partial charge in [0.1, 0.15) is 0 Å². The van der Waals surface area contributed by atoms with Crippen LogP contribution in [0.1, 0.15) is 73.9 Å². The number of unbranched alkanes of at least 4 members (excludes halogenated alkanes) is 1. The molecule has 5 aromatic rings. The topological polar surface area (TPSA) is 0 Å². The second-order valence-corrected chi connectivity index (χ2v) is 13.8. The van der Waals surface area contributed by atoms with E-state index in [0.717, 1.165) is 27.6 Å². The predicted octanol–water partition coefficient (Wildman–Crippen LogP) is 5.22. The molecule has 44 heavy (non-hydrogen) atoms. The second-order valence-electron chi connectivity index (χ2n) is 11.7. The molecule has 5 heteroatoms. The molecule has 0 aliphatic heterocycles. The first-order valence-corrected chi connectivity index (χ1v) is 16.6. The van der Waals surface area contributed by atoms with Crippen molar-refractivity contribution in [3.63, 3.8) is 0 Å². The zero-order valence-electron chi connectivity index (χ0n) is 25.7. The van der Waals surface area contributed by atoms with Gasteiger partial charge in [-0.15, -0.1) is 5.56 Å². The van der Waals surface area contributed by atoms with Crippen LogP contribution in [0.5, 0.6) is 0 Å². The van der Waals surface area contributed by atoms with Crippen LogP contribution in [-0.2, 0) is 42.5 Å². The van der Waals surface area contributed by atoms with Crippen LogP contribution in [0.2, 0.25) is 10.0 Å². The molecule has 6 rings (SSSR count). The Balaban J connectivity index is 0.000000227. The first-order valence-electron chi connectivity index (χ1n) is 14.6. The van der Waals surface area contributed by atoms with Gasteiger partial charge in [0.2, 0.25) is 0 Å². The second kappa shape index (κ2) is 18.3. The average Bonchev–Trinajstić information content (AvgIpc) is 3.62. The fraction of sp³-hybridized carbons (Fsp3) is 0.231. The van der Waals surface area contributed by atoms with E-state index in [2.05, 4.69) is 100 Å². The van der Waals surface area contributed by atoms with Crippen LogP contribution in [0.3, 0.4) is 0 Å². The maximum atomic E-state index is 5.98. The molecule has 0 atom stereocenters. The van der Waals surface area contributed by atoms with E-state index in [-0.39, 0.29) is 24.8 Å². The third kappa shape index (κ3) is 10.9. The van der Waals surface area contributed by atoms with Gasteiger partial charge in [-0.25, -0.2) is 6.07 Å². The van der Waals surface area contributed by atoms with E-state index in [0.29, 0.717) is 5.41 Å². The summed E-state index contributed by atoms with van der Waals surface area (Å²) in [5, 5.41) is 1.53.